The zero-order valence-corrected chi connectivity index (χ0v) is 14.9. The molecule has 9 heteroatoms. The highest BCUT2D eigenvalue weighted by Crippen LogP contribution is 2.50. The van der Waals surface area contributed by atoms with Gasteiger partial charge in [0.05, 0.1) is 14.4 Å². The second-order valence-corrected chi connectivity index (χ2v) is 7.72. The molecule has 0 aliphatic rings. The molecule has 1 unspecified atom stereocenters. The van der Waals surface area contributed by atoms with Gasteiger partial charge in [0.2, 0.25) is 0 Å². The highest BCUT2D eigenvalue weighted by molar-refractivity contribution is 7.58. The standard InChI is InChI=1S/C13H26O7P2/c1-4-5-7-12(2)8-6-9-13(3)10-11-19-22(17,18)20-21(14,15)16/h8,10H,4-7,9,11H2,1-3H3,(H,17,18)(H2,14,15,16)/p-3/b12-8+,13-10+. The van der Waals surface area contributed by atoms with Gasteiger partial charge in [-0.15, -0.1) is 0 Å². The Hall–Kier alpha value is -0.260. The molecule has 130 valence electrons. The Balaban J connectivity index is 4.14. The Labute approximate surface area is 131 Å². The molecule has 0 aromatic carbocycles. The van der Waals surface area contributed by atoms with Crippen LogP contribution in [0.5, 0.6) is 0 Å². The number of hydrogen-bond acceptors (Lipinski definition) is 7. The minimum absolute atomic E-state index is 0.370. The van der Waals surface area contributed by atoms with Crippen molar-refractivity contribution < 1.29 is 32.6 Å². The van der Waals surface area contributed by atoms with Gasteiger partial charge in [-0.1, -0.05) is 36.6 Å². The maximum absolute atomic E-state index is 11.0. The van der Waals surface area contributed by atoms with Crippen molar-refractivity contribution in [3.63, 3.8) is 0 Å². The number of phosphoric ester groups is 1. The number of unbranched alkanes of at least 4 members (excludes halogenated alkanes) is 1. The van der Waals surface area contributed by atoms with Gasteiger partial charge in [0.25, 0.3) is 7.82 Å². The van der Waals surface area contributed by atoms with E-state index < -0.39 is 15.6 Å². The van der Waals surface area contributed by atoms with Crippen molar-refractivity contribution in [2.75, 3.05) is 6.61 Å². The van der Waals surface area contributed by atoms with E-state index in [0.717, 1.165) is 37.7 Å². The lowest BCUT2D eigenvalue weighted by Crippen LogP contribution is -2.19. The SMILES string of the molecule is CCCC/C(C)=C/CC/C(C)=C/COP(=O)([O-])OP(=O)([O-])[O-]. The van der Waals surface area contributed by atoms with Crippen LogP contribution in [-0.2, 0) is 18.0 Å². The van der Waals surface area contributed by atoms with E-state index in [2.05, 4.69) is 28.8 Å². The van der Waals surface area contributed by atoms with Crippen LogP contribution < -0.4 is 14.7 Å². The van der Waals surface area contributed by atoms with Crippen LogP contribution in [0.2, 0.25) is 0 Å². The molecule has 0 N–H and O–H groups in total. The molecule has 0 aliphatic carbocycles. The molecule has 7 nitrogen and oxygen atoms in total. The Morgan fingerprint density at radius 1 is 1.05 bits per heavy atom. The first-order valence-corrected chi connectivity index (χ1v) is 9.98. The molecule has 0 aliphatic heterocycles. The Kier molecular flexibility index (Phi) is 10.4. The van der Waals surface area contributed by atoms with Crippen molar-refractivity contribution in [1.82, 2.24) is 0 Å². The second kappa shape index (κ2) is 10.5. The average Bonchev–Trinajstić information content (AvgIpc) is 2.33. The van der Waals surface area contributed by atoms with E-state index in [4.69, 9.17) is 0 Å². The van der Waals surface area contributed by atoms with Gasteiger partial charge >= 0.3 is 0 Å². The second-order valence-electron chi connectivity index (χ2n) is 5.02. The summed E-state index contributed by atoms with van der Waals surface area (Å²) in [7, 11) is -10.7. The number of rotatable bonds is 11. The van der Waals surface area contributed by atoms with E-state index in [-0.39, 0.29) is 6.61 Å². The van der Waals surface area contributed by atoms with Crippen LogP contribution in [0.3, 0.4) is 0 Å². The maximum Gasteiger partial charge on any atom is 0.272 e. The molecule has 0 heterocycles. The third kappa shape index (κ3) is 13.4. The lowest BCUT2D eigenvalue weighted by molar-refractivity contribution is -0.339. The molecule has 0 amide bonds. The van der Waals surface area contributed by atoms with Crippen LogP contribution in [0.4, 0.5) is 0 Å². The van der Waals surface area contributed by atoms with Gasteiger partial charge in [0, 0.05) is 0 Å². The van der Waals surface area contributed by atoms with Crippen LogP contribution in [0.1, 0.15) is 52.9 Å². The first-order valence-electron chi connectivity index (χ1n) is 7.06. The van der Waals surface area contributed by atoms with E-state index in [9.17, 15) is 23.8 Å². The molecule has 0 radical (unpaired) electrons. The smallest absolute Gasteiger partial charge is 0.272 e. The molecule has 22 heavy (non-hydrogen) atoms. The van der Waals surface area contributed by atoms with Gasteiger partial charge in [-0.05, 0) is 39.5 Å². The summed E-state index contributed by atoms with van der Waals surface area (Å²) in [5.41, 5.74) is 2.22. The van der Waals surface area contributed by atoms with Gasteiger partial charge in [-0.3, -0.25) is 8.88 Å². The molecule has 0 aromatic rings. The summed E-state index contributed by atoms with van der Waals surface area (Å²) in [4.78, 5) is 31.4. The van der Waals surface area contributed by atoms with Gasteiger partial charge < -0.3 is 23.8 Å². The van der Waals surface area contributed by atoms with Crippen molar-refractivity contribution in [2.45, 2.75) is 52.9 Å². The van der Waals surface area contributed by atoms with E-state index in [1.54, 1.807) is 6.92 Å². The summed E-state index contributed by atoms with van der Waals surface area (Å²) in [6.07, 6.45) is 8.59. The molecule has 0 rings (SSSR count). The zero-order valence-electron chi connectivity index (χ0n) is 13.1. The van der Waals surface area contributed by atoms with E-state index in [1.807, 2.05) is 0 Å². The summed E-state index contributed by atoms with van der Waals surface area (Å²) < 4.78 is 28.8. The average molecular weight is 353 g/mol. The zero-order chi connectivity index (χ0) is 17.2. The van der Waals surface area contributed by atoms with Gasteiger partial charge in [0.1, 0.15) is 0 Å². The normalized spacial score (nSPS) is 16.6. The van der Waals surface area contributed by atoms with Crippen LogP contribution in [0.15, 0.2) is 23.3 Å². The Morgan fingerprint density at radius 3 is 2.18 bits per heavy atom. The fraction of sp³-hybridized carbons (Fsp3) is 0.692. The molecule has 0 fully saturated rings. The third-order valence-electron chi connectivity index (χ3n) is 2.82. The Bertz CT molecular complexity index is 479. The molecule has 0 spiro atoms. The van der Waals surface area contributed by atoms with Crippen molar-refractivity contribution in [1.29, 1.82) is 0 Å². The van der Waals surface area contributed by atoms with E-state index in [0.29, 0.717) is 0 Å². The lowest BCUT2D eigenvalue weighted by atomic mass is 10.1. The quantitative estimate of drug-likeness (QED) is 0.412. The minimum atomic E-state index is -5.62. The van der Waals surface area contributed by atoms with E-state index in [1.165, 1.54) is 11.6 Å². The molecular weight excluding hydrogens is 330 g/mol. The summed E-state index contributed by atoms with van der Waals surface area (Å²) in [6.45, 7) is 5.65. The van der Waals surface area contributed by atoms with Crippen LogP contribution >= 0.6 is 15.6 Å². The Morgan fingerprint density at radius 2 is 1.64 bits per heavy atom. The van der Waals surface area contributed by atoms with Crippen molar-refractivity contribution in [3.05, 3.63) is 23.3 Å². The number of hydrogen-bond donors (Lipinski definition) is 0. The monoisotopic (exact) mass is 353 g/mol. The van der Waals surface area contributed by atoms with Crippen LogP contribution in [0, 0.1) is 0 Å². The van der Waals surface area contributed by atoms with Crippen LogP contribution in [-0.4, -0.2) is 6.61 Å². The van der Waals surface area contributed by atoms with Crippen molar-refractivity contribution in [3.8, 4) is 0 Å². The molecule has 1 atom stereocenters. The lowest BCUT2D eigenvalue weighted by Gasteiger charge is -2.34. The highest BCUT2D eigenvalue weighted by atomic mass is 31.3. The molecule has 0 bridgehead atoms. The topological polar surface area (TPSA) is 122 Å². The largest absolute Gasteiger partial charge is 0.790 e. The molecule has 0 saturated carbocycles. The third-order valence-corrected chi connectivity index (χ3v) is 4.89. The minimum Gasteiger partial charge on any atom is -0.790 e. The predicted molar refractivity (Wildman–Crippen MR) is 78.5 cm³/mol. The summed E-state index contributed by atoms with van der Waals surface area (Å²) in [6, 6.07) is 0. The predicted octanol–water partition coefficient (Wildman–Crippen LogP) is 2.18. The first-order chi connectivity index (χ1) is 10.1. The fourth-order valence-corrected chi connectivity index (χ4v) is 3.05. The summed E-state index contributed by atoms with van der Waals surface area (Å²) >= 11 is 0. The van der Waals surface area contributed by atoms with Gasteiger partial charge in [0.15, 0.2) is 0 Å². The van der Waals surface area contributed by atoms with Crippen LogP contribution in [0.25, 0.3) is 0 Å². The van der Waals surface area contributed by atoms with E-state index >= 15 is 0 Å². The highest BCUT2D eigenvalue weighted by Gasteiger charge is 2.10. The fourth-order valence-electron chi connectivity index (χ4n) is 1.62. The first kappa shape index (κ1) is 21.7. The van der Waals surface area contributed by atoms with Crippen molar-refractivity contribution >= 4 is 15.6 Å². The van der Waals surface area contributed by atoms with Gasteiger partial charge in [-0.25, -0.2) is 0 Å². The summed E-state index contributed by atoms with van der Waals surface area (Å²) in [5.74, 6) is 0. The van der Waals surface area contributed by atoms with Gasteiger partial charge in [-0.2, -0.15) is 0 Å². The molecule has 0 aromatic heterocycles. The van der Waals surface area contributed by atoms with Crippen molar-refractivity contribution in [2.24, 2.45) is 0 Å². The number of allylic oxidation sites excluding steroid dienone is 3. The molecular formula is C13H23O7P2-3. The molecule has 0 saturated heterocycles. The number of phosphoric acid groups is 2. The maximum atomic E-state index is 11.0. The summed E-state index contributed by atoms with van der Waals surface area (Å²) in [5, 5.41) is 0.